The minimum atomic E-state index is -0.0753. The number of methoxy groups -OCH3 is 1. The lowest BCUT2D eigenvalue weighted by atomic mass is 10.1. The monoisotopic (exact) mass is 327 g/mol. The van der Waals surface area contributed by atoms with Crippen LogP contribution >= 0.6 is 0 Å². The van der Waals surface area contributed by atoms with Gasteiger partial charge in [0.15, 0.2) is 18.1 Å². The highest BCUT2D eigenvalue weighted by atomic mass is 16.5. The first-order chi connectivity index (χ1) is 11.7. The fourth-order valence-electron chi connectivity index (χ4n) is 2.87. The summed E-state index contributed by atoms with van der Waals surface area (Å²) in [6.07, 6.45) is 0. The summed E-state index contributed by atoms with van der Waals surface area (Å²) in [7, 11) is 1.58. The highest BCUT2D eigenvalue weighted by molar-refractivity contribution is 5.78. The van der Waals surface area contributed by atoms with Crippen LogP contribution in [-0.4, -0.2) is 37.7 Å². The molecule has 5 heteroatoms. The number of hydrogen-bond donors (Lipinski definition) is 0. The molecule has 1 aliphatic heterocycles. The molecule has 1 heterocycles. The Labute approximate surface area is 141 Å². The van der Waals surface area contributed by atoms with E-state index in [4.69, 9.17) is 14.2 Å². The van der Waals surface area contributed by atoms with Crippen LogP contribution in [0, 0.1) is 0 Å². The van der Waals surface area contributed by atoms with Gasteiger partial charge in [0.05, 0.1) is 19.7 Å². The van der Waals surface area contributed by atoms with E-state index in [-0.39, 0.29) is 18.6 Å². The molecule has 1 unspecified atom stereocenters. The van der Waals surface area contributed by atoms with E-state index < -0.39 is 0 Å². The Kier molecular flexibility index (Phi) is 4.89. The molecule has 1 atom stereocenters. The average Bonchev–Trinajstić information content (AvgIpc) is 2.79. The molecule has 5 nitrogen and oxygen atoms in total. The van der Waals surface area contributed by atoms with Gasteiger partial charge in [-0.25, -0.2) is 0 Å². The summed E-state index contributed by atoms with van der Waals surface area (Å²) in [5, 5.41) is 0. The van der Waals surface area contributed by atoms with Gasteiger partial charge in [-0.1, -0.05) is 30.3 Å². The van der Waals surface area contributed by atoms with Crippen molar-refractivity contribution in [2.75, 3.05) is 26.9 Å². The molecule has 1 aliphatic rings. The zero-order valence-corrected chi connectivity index (χ0v) is 13.9. The number of para-hydroxylation sites is 3. The van der Waals surface area contributed by atoms with Gasteiger partial charge in [-0.2, -0.15) is 0 Å². The van der Waals surface area contributed by atoms with Crippen LogP contribution in [0.4, 0.5) is 0 Å². The fraction of sp³-hybridized carbons (Fsp3) is 0.316. The third kappa shape index (κ3) is 3.30. The maximum atomic E-state index is 12.6. The van der Waals surface area contributed by atoms with E-state index in [2.05, 4.69) is 0 Å². The number of fused-ring (bicyclic) bond motifs is 1. The molecular weight excluding hydrogens is 306 g/mol. The van der Waals surface area contributed by atoms with Crippen molar-refractivity contribution >= 4 is 5.91 Å². The molecule has 24 heavy (non-hydrogen) atoms. The first-order valence-corrected chi connectivity index (χ1v) is 7.97. The predicted octanol–water partition coefficient (Wildman–Crippen LogP) is 3.06. The van der Waals surface area contributed by atoms with E-state index in [1.54, 1.807) is 24.1 Å². The number of hydrogen-bond acceptors (Lipinski definition) is 4. The summed E-state index contributed by atoms with van der Waals surface area (Å²) in [5.74, 6) is 1.94. The van der Waals surface area contributed by atoms with Gasteiger partial charge in [0, 0.05) is 5.56 Å². The third-order valence-corrected chi connectivity index (χ3v) is 4.17. The maximum Gasteiger partial charge on any atom is 0.261 e. The molecule has 2 aromatic carbocycles. The first kappa shape index (κ1) is 16.2. The minimum absolute atomic E-state index is 0.0348. The zero-order valence-electron chi connectivity index (χ0n) is 13.9. The van der Waals surface area contributed by atoms with Crippen molar-refractivity contribution in [1.29, 1.82) is 0 Å². The van der Waals surface area contributed by atoms with E-state index in [0.717, 1.165) is 11.3 Å². The quantitative estimate of drug-likeness (QED) is 0.866. The Morgan fingerprint density at radius 2 is 1.88 bits per heavy atom. The number of nitrogens with zero attached hydrogens (tertiary/aromatic N) is 1. The van der Waals surface area contributed by atoms with Crippen LogP contribution in [0.1, 0.15) is 18.5 Å². The minimum Gasteiger partial charge on any atom is -0.493 e. The van der Waals surface area contributed by atoms with Gasteiger partial charge in [-0.05, 0) is 25.1 Å². The van der Waals surface area contributed by atoms with Gasteiger partial charge >= 0.3 is 0 Å². The normalized spacial score (nSPS) is 16.6. The molecule has 0 saturated carbocycles. The van der Waals surface area contributed by atoms with E-state index in [9.17, 15) is 4.79 Å². The number of amides is 1. The molecule has 3 rings (SSSR count). The van der Waals surface area contributed by atoms with Gasteiger partial charge in [0.1, 0.15) is 12.4 Å². The summed E-state index contributed by atoms with van der Waals surface area (Å²) in [4.78, 5) is 14.4. The summed E-state index contributed by atoms with van der Waals surface area (Å²) in [6, 6.07) is 15.1. The molecule has 2 aromatic rings. The van der Waals surface area contributed by atoms with Crippen LogP contribution in [0.3, 0.4) is 0 Å². The van der Waals surface area contributed by atoms with Gasteiger partial charge in [-0.3, -0.25) is 4.79 Å². The molecule has 0 aliphatic carbocycles. The summed E-state index contributed by atoms with van der Waals surface area (Å²) < 4.78 is 16.6. The lowest BCUT2D eigenvalue weighted by Gasteiger charge is -2.27. The Hall–Kier alpha value is -2.69. The molecule has 0 spiro atoms. The van der Waals surface area contributed by atoms with Crippen LogP contribution in [0.25, 0.3) is 0 Å². The van der Waals surface area contributed by atoms with Crippen molar-refractivity contribution in [2.24, 2.45) is 0 Å². The molecular formula is C19H21NO4. The van der Waals surface area contributed by atoms with E-state index in [1.807, 2.05) is 43.3 Å². The summed E-state index contributed by atoms with van der Waals surface area (Å²) >= 11 is 0. The zero-order chi connectivity index (χ0) is 16.9. The highest BCUT2D eigenvalue weighted by Crippen LogP contribution is 2.32. The second-order valence-electron chi connectivity index (χ2n) is 5.59. The van der Waals surface area contributed by atoms with Crippen LogP contribution in [0.15, 0.2) is 48.5 Å². The van der Waals surface area contributed by atoms with Crippen LogP contribution in [0.2, 0.25) is 0 Å². The molecule has 0 radical (unpaired) electrons. The molecule has 0 N–H and O–H groups in total. The lowest BCUT2D eigenvalue weighted by Crippen LogP contribution is -2.38. The van der Waals surface area contributed by atoms with E-state index >= 15 is 0 Å². The molecule has 0 fully saturated rings. The largest absolute Gasteiger partial charge is 0.493 e. The SMILES string of the molecule is COc1ccccc1OCC(=O)N1CCOc2ccccc2C1C. The molecule has 1 amide bonds. The smallest absolute Gasteiger partial charge is 0.261 e. The van der Waals surface area contributed by atoms with Crippen LogP contribution in [-0.2, 0) is 4.79 Å². The third-order valence-electron chi connectivity index (χ3n) is 4.17. The average molecular weight is 327 g/mol. The molecule has 0 aromatic heterocycles. The molecule has 0 saturated heterocycles. The van der Waals surface area contributed by atoms with Gasteiger partial charge in [0.2, 0.25) is 0 Å². The van der Waals surface area contributed by atoms with Crippen LogP contribution < -0.4 is 14.2 Å². The highest BCUT2D eigenvalue weighted by Gasteiger charge is 2.26. The van der Waals surface area contributed by atoms with Crippen molar-refractivity contribution in [3.8, 4) is 17.2 Å². The Morgan fingerprint density at radius 1 is 1.17 bits per heavy atom. The Morgan fingerprint density at radius 3 is 2.67 bits per heavy atom. The standard InChI is InChI=1S/C19H21NO4/c1-14-15-7-3-4-8-16(15)23-12-11-20(14)19(21)13-24-18-10-6-5-9-17(18)22-2/h3-10,14H,11-13H2,1-2H3. The van der Waals surface area contributed by atoms with Gasteiger partial charge in [0.25, 0.3) is 5.91 Å². The Bertz CT molecular complexity index is 716. The van der Waals surface area contributed by atoms with Crippen molar-refractivity contribution in [1.82, 2.24) is 4.90 Å². The van der Waals surface area contributed by atoms with Crippen molar-refractivity contribution < 1.29 is 19.0 Å². The second-order valence-corrected chi connectivity index (χ2v) is 5.59. The second kappa shape index (κ2) is 7.25. The number of rotatable bonds is 4. The number of carbonyl (C=O) groups excluding carboxylic acids is 1. The number of ether oxygens (including phenoxy) is 3. The fourth-order valence-corrected chi connectivity index (χ4v) is 2.87. The van der Waals surface area contributed by atoms with Crippen LogP contribution in [0.5, 0.6) is 17.2 Å². The number of carbonyl (C=O) groups is 1. The van der Waals surface area contributed by atoms with Crippen molar-refractivity contribution in [3.63, 3.8) is 0 Å². The van der Waals surface area contributed by atoms with Gasteiger partial charge < -0.3 is 19.1 Å². The lowest BCUT2D eigenvalue weighted by molar-refractivity contribution is -0.135. The maximum absolute atomic E-state index is 12.6. The van der Waals surface area contributed by atoms with Crippen molar-refractivity contribution in [2.45, 2.75) is 13.0 Å². The van der Waals surface area contributed by atoms with E-state index in [1.165, 1.54) is 0 Å². The Balaban J connectivity index is 1.71. The van der Waals surface area contributed by atoms with E-state index in [0.29, 0.717) is 24.7 Å². The first-order valence-electron chi connectivity index (χ1n) is 7.97. The molecule has 126 valence electrons. The topological polar surface area (TPSA) is 48.0 Å². The van der Waals surface area contributed by atoms with Crippen molar-refractivity contribution in [3.05, 3.63) is 54.1 Å². The summed E-state index contributed by atoms with van der Waals surface area (Å²) in [6.45, 7) is 2.98. The summed E-state index contributed by atoms with van der Waals surface area (Å²) in [5.41, 5.74) is 1.01. The number of benzene rings is 2. The van der Waals surface area contributed by atoms with Gasteiger partial charge in [-0.15, -0.1) is 0 Å². The predicted molar refractivity (Wildman–Crippen MR) is 90.6 cm³/mol. The molecule has 0 bridgehead atoms.